The fourth-order valence-electron chi connectivity index (χ4n) is 2.63. The molecule has 0 aliphatic carbocycles. The van der Waals surface area contributed by atoms with Crippen LogP contribution in [0.5, 0.6) is 0 Å². The molecule has 1 heterocycles. The Kier molecular flexibility index (Phi) is 5.87. The van der Waals surface area contributed by atoms with Gasteiger partial charge in [-0.3, -0.25) is 4.79 Å². The van der Waals surface area contributed by atoms with Gasteiger partial charge in [0, 0.05) is 17.1 Å². The summed E-state index contributed by atoms with van der Waals surface area (Å²) in [5.74, 6) is 0.371. The van der Waals surface area contributed by atoms with Gasteiger partial charge in [-0.15, -0.1) is 0 Å². The molecule has 3 aromatic rings. The molecule has 3 rings (SSSR count). The van der Waals surface area contributed by atoms with Gasteiger partial charge >= 0.3 is 0 Å². The molecular formula is C21H20ClN3O. The van der Waals surface area contributed by atoms with Crippen molar-refractivity contribution in [2.24, 2.45) is 0 Å². The molecule has 4 nitrogen and oxygen atoms in total. The summed E-state index contributed by atoms with van der Waals surface area (Å²) in [4.78, 5) is 16.6. The molecule has 26 heavy (non-hydrogen) atoms. The molecule has 1 aromatic heterocycles. The van der Waals surface area contributed by atoms with Gasteiger partial charge in [0.05, 0.1) is 11.9 Å². The van der Waals surface area contributed by atoms with Crippen molar-refractivity contribution < 1.29 is 4.79 Å². The summed E-state index contributed by atoms with van der Waals surface area (Å²) in [6.07, 6.45) is 2.58. The van der Waals surface area contributed by atoms with Crippen molar-refractivity contribution >= 4 is 29.0 Å². The van der Waals surface area contributed by atoms with Crippen LogP contribution in [0, 0.1) is 6.92 Å². The van der Waals surface area contributed by atoms with E-state index < -0.39 is 0 Å². The van der Waals surface area contributed by atoms with Crippen molar-refractivity contribution in [2.45, 2.75) is 13.3 Å². The maximum absolute atomic E-state index is 12.3. The number of amides is 1. The van der Waals surface area contributed by atoms with E-state index in [0.29, 0.717) is 11.4 Å². The number of halogens is 1. The second-order valence-electron chi connectivity index (χ2n) is 6.01. The van der Waals surface area contributed by atoms with Crippen LogP contribution in [0.4, 0.5) is 11.5 Å². The van der Waals surface area contributed by atoms with Gasteiger partial charge in [-0.25, -0.2) is 4.98 Å². The minimum atomic E-state index is -0.155. The second kappa shape index (κ2) is 8.50. The van der Waals surface area contributed by atoms with Crippen LogP contribution in [-0.4, -0.2) is 17.4 Å². The van der Waals surface area contributed by atoms with Crippen molar-refractivity contribution in [2.75, 3.05) is 17.2 Å². The lowest BCUT2D eigenvalue weighted by Crippen LogP contribution is -2.14. The van der Waals surface area contributed by atoms with E-state index in [1.165, 1.54) is 5.56 Å². The van der Waals surface area contributed by atoms with Crippen LogP contribution in [0.2, 0.25) is 5.02 Å². The number of aromatic nitrogens is 1. The molecule has 132 valence electrons. The quantitative estimate of drug-likeness (QED) is 0.649. The lowest BCUT2D eigenvalue weighted by Gasteiger charge is -2.09. The normalized spacial score (nSPS) is 10.4. The van der Waals surface area contributed by atoms with Gasteiger partial charge in [0.15, 0.2) is 0 Å². The number of carbonyl (C=O) groups excluding carboxylic acids is 1. The summed E-state index contributed by atoms with van der Waals surface area (Å²) in [7, 11) is 0. The van der Waals surface area contributed by atoms with Crippen molar-refractivity contribution in [1.29, 1.82) is 0 Å². The number of carbonyl (C=O) groups is 1. The molecule has 2 aromatic carbocycles. The zero-order valence-electron chi connectivity index (χ0n) is 14.5. The van der Waals surface area contributed by atoms with Crippen LogP contribution >= 0.6 is 11.6 Å². The molecule has 0 bridgehead atoms. The molecule has 0 saturated heterocycles. The Morgan fingerprint density at radius 1 is 1.08 bits per heavy atom. The Morgan fingerprint density at radius 3 is 2.65 bits per heavy atom. The Balaban J connectivity index is 1.53. The molecule has 2 N–H and O–H groups in total. The number of pyridine rings is 1. The third kappa shape index (κ3) is 4.83. The second-order valence-corrected chi connectivity index (χ2v) is 6.44. The SMILES string of the molecule is Cc1ccccc1C(=O)Nc1ccc(NCCc2cccc(Cl)c2)cn1. The van der Waals surface area contributed by atoms with Gasteiger partial charge in [0.25, 0.3) is 5.91 Å². The van der Waals surface area contributed by atoms with E-state index in [9.17, 15) is 4.79 Å². The zero-order chi connectivity index (χ0) is 18.4. The largest absolute Gasteiger partial charge is 0.383 e. The Labute approximate surface area is 158 Å². The Morgan fingerprint density at radius 2 is 1.92 bits per heavy atom. The van der Waals surface area contributed by atoms with Gasteiger partial charge in [0.2, 0.25) is 0 Å². The highest BCUT2D eigenvalue weighted by Crippen LogP contribution is 2.14. The molecule has 0 aliphatic rings. The first-order chi connectivity index (χ1) is 12.6. The summed E-state index contributed by atoms with van der Waals surface area (Å²) >= 11 is 5.99. The summed E-state index contributed by atoms with van der Waals surface area (Å²) in [6, 6.07) is 19.0. The fraction of sp³-hybridized carbons (Fsp3) is 0.143. The van der Waals surface area contributed by atoms with Crippen LogP contribution in [0.1, 0.15) is 21.5 Å². The molecule has 5 heteroatoms. The Hall–Kier alpha value is -2.85. The highest BCUT2D eigenvalue weighted by Gasteiger charge is 2.09. The van der Waals surface area contributed by atoms with Gasteiger partial charge in [-0.2, -0.15) is 0 Å². The minimum absolute atomic E-state index is 0.155. The van der Waals surface area contributed by atoms with Crippen molar-refractivity contribution in [3.8, 4) is 0 Å². The molecular weight excluding hydrogens is 346 g/mol. The zero-order valence-corrected chi connectivity index (χ0v) is 15.3. The summed E-state index contributed by atoms with van der Waals surface area (Å²) in [6.45, 7) is 2.69. The van der Waals surface area contributed by atoms with E-state index in [0.717, 1.165) is 29.2 Å². The van der Waals surface area contributed by atoms with Gasteiger partial charge in [-0.1, -0.05) is 41.9 Å². The smallest absolute Gasteiger partial charge is 0.257 e. The Bertz CT molecular complexity index is 894. The highest BCUT2D eigenvalue weighted by atomic mass is 35.5. The van der Waals surface area contributed by atoms with Gasteiger partial charge in [0.1, 0.15) is 5.82 Å². The first-order valence-corrected chi connectivity index (χ1v) is 8.81. The third-order valence-corrected chi connectivity index (χ3v) is 4.26. The van der Waals surface area contributed by atoms with Crippen molar-refractivity contribution in [3.63, 3.8) is 0 Å². The van der Waals surface area contributed by atoms with Crippen LogP contribution < -0.4 is 10.6 Å². The summed E-state index contributed by atoms with van der Waals surface area (Å²) < 4.78 is 0. The molecule has 1 amide bonds. The minimum Gasteiger partial charge on any atom is -0.383 e. The first kappa shape index (κ1) is 18.0. The molecule has 0 spiro atoms. The lowest BCUT2D eigenvalue weighted by atomic mass is 10.1. The maximum atomic E-state index is 12.3. The van der Waals surface area contributed by atoms with E-state index in [-0.39, 0.29) is 5.91 Å². The van der Waals surface area contributed by atoms with Crippen molar-refractivity contribution in [3.05, 3.63) is 88.6 Å². The fourth-order valence-corrected chi connectivity index (χ4v) is 2.84. The highest BCUT2D eigenvalue weighted by molar-refractivity contribution is 6.30. The van der Waals surface area contributed by atoms with E-state index in [1.807, 2.05) is 49.4 Å². The lowest BCUT2D eigenvalue weighted by molar-refractivity contribution is 0.102. The average molecular weight is 366 g/mol. The molecule has 0 atom stereocenters. The van der Waals surface area contributed by atoms with E-state index in [4.69, 9.17) is 11.6 Å². The standard InChI is InChI=1S/C21H20ClN3O/c1-15-5-2-3-8-19(15)21(26)25-20-10-9-18(14-24-20)23-12-11-16-6-4-7-17(22)13-16/h2-10,13-14,23H,11-12H2,1H3,(H,24,25,26). The van der Waals surface area contributed by atoms with Crippen LogP contribution in [0.3, 0.4) is 0 Å². The molecule has 0 fully saturated rings. The van der Waals surface area contributed by atoms with Crippen LogP contribution in [0.25, 0.3) is 0 Å². The number of nitrogens with zero attached hydrogens (tertiary/aromatic N) is 1. The molecule has 0 unspecified atom stereocenters. The molecule has 0 radical (unpaired) electrons. The summed E-state index contributed by atoms with van der Waals surface area (Å²) in [5, 5.41) is 6.89. The monoisotopic (exact) mass is 365 g/mol. The maximum Gasteiger partial charge on any atom is 0.257 e. The van der Waals surface area contributed by atoms with Gasteiger partial charge < -0.3 is 10.6 Å². The average Bonchev–Trinajstić information content (AvgIpc) is 2.63. The van der Waals surface area contributed by atoms with Gasteiger partial charge in [-0.05, 0) is 54.8 Å². The number of nitrogens with one attached hydrogen (secondary N) is 2. The summed E-state index contributed by atoms with van der Waals surface area (Å²) in [5.41, 5.74) is 3.67. The van der Waals surface area contributed by atoms with Crippen LogP contribution in [0.15, 0.2) is 66.9 Å². The van der Waals surface area contributed by atoms with E-state index in [1.54, 1.807) is 18.3 Å². The van der Waals surface area contributed by atoms with Crippen LogP contribution in [-0.2, 0) is 6.42 Å². The topological polar surface area (TPSA) is 54.0 Å². The number of aryl methyl sites for hydroxylation is 1. The molecule has 0 aliphatic heterocycles. The number of benzene rings is 2. The van der Waals surface area contributed by atoms with E-state index >= 15 is 0 Å². The van der Waals surface area contributed by atoms with E-state index in [2.05, 4.69) is 21.7 Å². The number of hydrogen-bond donors (Lipinski definition) is 2. The van der Waals surface area contributed by atoms with Crippen molar-refractivity contribution in [1.82, 2.24) is 4.98 Å². The predicted molar refractivity (Wildman–Crippen MR) is 107 cm³/mol. The molecule has 0 saturated carbocycles. The third-order valence-electron chi connectivity index (χ3n) is 4.03. The number of rotatable bonds is 6. The first-order valence-electron chi connectivity index (χ1n) is 8.43. The predicted octanol–water partition coefficient (Wildman–Crippen LogP) is 4.95. The number of anilines is 2. The number of hydrogen-bond acceptors (Lipinski definition) is 3.